The Morgan fingerprint density at radius 3 is 1.78 bits per heavy atom. The Kier molecular flexibility index (Phi) is 4.28. The fourth-order valence-electron chi connectivity index (χ4n) is 3.33. The van der Waals surface area contributed by atoms with Crippen molar-refractivity contribution >= 4 is 11.7 Å². The summed E-state index contributed by atoms with van der Waals surface area (Å²) >= 11 is 0. The number of cyclic esters (lactones) is 2. The molecule has 27 heavy (non-hydrogen) atoms. The molecule has 1 heterocycles. The largest absolute Gasteiger partial charge is 0.514 e. The van der Waals surface area contributed by atoms with Crippen molar-refractivity contribution < 1.29 is 14.3 Å². The Morgan fingerprint density at radius 2 is 1.22 bits per heavy atom. The minimum atomic E-state index is -0.819. The van der Waals surface area contributed by atoms with E-state index < -0.39 is 11.8 Å². The van der Waals surface area contributed by atoms with Crippen LogP contribution in [0.1, 0.15) is 25.0 Å². The highest BCUT2D eigenvalue weighted by molar-refractivity contribution is 5.86. The standard InChI is InChI=1S/C24H20O3/c1-24(2)22(26-23(25)27-24)21(19-11-7-4-8-12-19)20-15-13-18(14-16-20)17-9-5-3-6-10-17/h3-16H,1-2H3/b22-21+. The average Bonchev–Trinajstić information content (AvgIpc) is 2.96. The van der Waals surface area contributed by atoms with Gasteiger partial charge in [-0.25, -0.2) is 4.79 Å². The molecule has 0 atom stereocenters. The molecule has 0 bridgehead atoms. The van der Waals surface area contributed by atoms with Crippen LogP contribution in [-0.4, -0.2) is 11.8 Å². The molecule has 0 N–H and O–H groups in total. The lowest BCUT2D eigenvalue weighted by Gasteiger charge is -2.19. The lowest BCUT2D eigenvalue weighted by atomic mass is 9.90. The van der Waals surface area contributed by atoms with Crippen LogP contribution in [-0.2, 0) is 9.47 Å². The highest BCUT2D eigenvalue weighted by atomic mass is 16.8. The van der Waals surface area contributed by atoms with Crippen LogP contribution in [0.15, 0.2) is 90.7 Å². The van der Waals surface area contributed by atoms with E-state index in [1.54, 1.807) is 0 Å². The van der Waals surface area contributed by atoms with Crippen LogP contribution in [0, 0.1) is 0 Å². The van der Waals surface area contributed by atoms with Crippen LogP contribution in [0.5, 0.6) is 0 Å². The van der Waals surface area contributed by atoms with Crippen molar-refractivity contribution in [2.75, 3.05) is 0 Å². The third kappa shape index (κ3) is 3.36. The smallest absolute Gasteiger partial charge is 0.420 e. The molecule has 3 aromatic carbocycles. The average molecular weight is 356 g/mol. The van der Waals surface area contributed by atoms with Crippen molar-refractivity contribution in [2.45, 2.75) is 19.4 Å². The molecule has 0 amide bonds. The van der Waals surface area contributed by atoms with Gasteiger partial charge in [-0.1, -0.05) is 84.9 Å². The summed E-state index contributed by atoms with van der Waals surface area (Å²) in [5.74, 6) is 0.533. The van der Waals surface area contributed by atoms with Gasteiger partial charge in [-0.05, 0) is 36.1 Å². The van der Waals surface area contributed by atoms with E-state index >= 15 is 0 Å². The molecule has 0 unspecified atom stereocenters. The van der Waals surface area contributed by atoms with Crippen molar-refractivity contribution in [3.05, 3.63) is 102 Å². The van der Waals surface area contributed by atoms with Gasteiger partial charge in [0.2, 0.25) is 0 Å². The number of carbonyl (C=O) groups excluding carboxylic acids is 1. The molecular formula is C24H20O3. The first kappa shape index (κ1) is 17.1. The Hall–Kier alpha value is -3.33. The van der Waals surface area contributed by atoms with Crippen LogP contribution in [0.25, 0.3) is 16.7 Å². The first-order valence-electron chi connectivity index (χ1n) is 8.91. The number of carbonyl (C=O) groups is 1. The molecule has 1 aliphatic rings. The summed E-state index contributed by atoms with van der Waals surface area (Å²) in [6.45, 7) is 3.68. The maximum absolute atomic E-state index is 11.8. The van der Waals surface area contributed by atoms with Gasteiger partial charge in [0.15, 0.2) is 11.4 Å². The molecular weight excluding hydrogens is 336 g/mol. The lowest BCUT2D eigenvalue weighted by molar-refractivity contribution is 0.0873. The fourth-order valence-corrected chi connectivity index (χ4v) is 3.33. The van der Waals surface area contributed by atoms with Crippen molar-refractivity contribution in [3.8, 4) is 11.1 Å². The van der Waals surface area contributed by atoms with E-state index in [2.05, 4.69) is 36.4 Å². The van der Waals surface area contributed by atoms with E-state index in [1.165, 1.54) is 0 Å². The summed E-state index contributed by atoms with van der Waals surface area (Å²) in [7, 11) is 0. The van der Waals surface area contributed by atoms with Gasteiger partial charge < -0.3 is 9.47 Å². The zero-order chi connectivity index (χ0) is 18.9. The van der Waals surface area contributed by atoms with E-state index in [-0.39, 0.29) is 0 Å². The highest BCUT2D eigenvalue weighted by Crippen LogP contribution is 2.39. The lowest BCUT2D eigenvalue weighted by Crippen LogP contribution is -2.21. The minimum Gasteiger partial charge on any atom is -0.420 e. The summed E-state index contributed by atoms with van der Waals surface area (Å²) in [5, 5.41) is 0. The van der Waals surface area contributed by atoms with Gasteiger partial charge in [0.25, 0.3) is 0 Å². The quantitative estimate of drug-likeness (QED) is 0.535. The Morgan fingerprint density at radius 1 is 0.704 bits per heavy atom. The predicted octanol–water partition coefficient (Wildman–Crippen LogP) is 6.06. The monoisotopic (exact) mass is 356 g/mol. The minimum absolute atomic E-state index is 0.533. The Labute approximate surface area is 158 Å². The third-order valence-corrected chi connectivity index (χ3v) is 4.64. The number of ether oxygens (including phenoxy) is 2. The van der Waals surface area contributed by atoms with E-state index in [0.29, 0.717) is 5.76 Å². The summed E-state index contributed by atoms with van der Waals surface area (Å²) in [5.41, 5.74) is 4.30. The van der Waals surface area contributed by atoms with Crippen LogP contribution in [0.2, 0.25) is 0 Å². The second kappa shape index (κ2) is 6.76. The molecule has 134 valence electrons. The zero-order valence-corrected chi connectivity index (χ0v) is 15.3. The molecule has 0 spiro atoms. The molecule has 0 aromatic heterocycles. The molecule has 3 aromatic rings. The number of hydrogen-bond acceptors (Lipinski definition) is 3. The van der Waals surface area contributed by atoms with Gasteiger partial charge in [0, 0.05) is 5.57 Å². The van der Waals surface area contributed by atoms with Crippen molar-refractivity contribution in [1.82, 2.24) is 0 Å². The van der Waals surface area contributed by atoms with Crippen LogP contribution >= 0.6 is 0 Å². The maximum Gasteiger partial charge on any atom is 0.514 e. The van der Waals surface area contributed by atoms with Crippen LogP contribution in [0.3, 0.4) is 0 Å². The molecule has 1 aliphatic heterocycles. The van der Waals surface area contributed by atoms with Gasteiger partial charge in [-0.2, -0.15) is 0 Å². The Balaban J connectivity index is 1.84. The summed E-state index contributed by atoms with van der Waals surface area (Å²) in [6, 6.07) is 28.4. The van der Waals surface area contributed by atoms with Crippen LogP contribution in [0.4, 0.5) is 4.79 Å². The van der Waals surface area contributed by atoms with Gasteiger partial charge in [-0.3, -0.25) is 0 Å². The van der Waals surface area contributed by atoms with Gasteiger partial charge >= 0.3 is 6.16 Å². The molecule has 3 heteroatoms. The SMILES string of the molecule is CC1(C)OC(=O)O/C1=C(\c1ccccc1)c1ccc(-c2ccccc2)cc1. The summed E-state index contributed by atoms with van der Waals surface area (Å²) in [6.07, 6.45) is -0.663. The maximum atomic E-state index is 11.8. The molecule has 1 fully saturated rings. The number of hydrogen-bond donors (Lipinski definition) is 0. The van der Waals surface area contributed by atoms with Crippen molar-refractivity contribution in [3.63, 3.8) is 0 Å². The summed E-state index contributed by atoms with van der Waals surface area (Å²) in [4.78, 5) is 11.8. The van der Waals surface area contributed by atoms with Crippen molar-refractivity contribution in [2.24, 2.45) is 0 Å². The first-order valence-corrected chi connectivity index (χ1v) is 8.91. The first-order chi connectivity index (χ1) is 13.0. The summed E-state index contributed by atoms with van der Waals surface area (Å²) < 4.78 is 10.8. The van der Waals surface area contributed by atoms with Gasteiger partial charge in [-0.15, -0.1) is 0 Å². The molecule has 1 saturated heterocycles. The second-order valence-corrected chi connectivity index (χ2v) is 6.98. The normalized spacial score (nSPS) is 17.2. The van der Waals surface area contributed by atoms with Gasteiger partial charge in [0.1, 0.15) is 0 Å². The van der Waals surface area contributed by atoms with Gasteiger partial charge in [0.05, 0.1) is 0 Å². The molecule has 0 saturated carbocycles. The number of benzene rings is 3. The van der Waals surface area contributed by atoms with E-state index in [0.717, 1.165) is 27.8 Å². The third-order valence-electron chi connectivity index (χ3n) is 4.64. The topological polar surface area (TPSA) is 35.5 Å². The van der Waals surface area contributed by atoms with E-state index in [1.807, 2.05) is 62.4 Å². The number of rotatable bonds is 3. The fraction of sp³-hybridized carbons (Fsp3) is 0.125. The van der Waals surface area contributed by atoms with Crippen molar-refractivity contribution in [1.29, 1.82) is 0 Å². The molecule has 3 nitrogen and oxygen atoms in total. The predicted molar refractivity (Wildman–Crippen MR) is 106 cm³/mol. The molecule has 0 aliphatic carbocycles. The second-order valence-electron chi connectivity index (χ2n) is 6.98. The van der Waals surface area contributed by atoms with E-state index in [9.17, 15) is 4.79 Å². The zero-order valence-electron chi connectivity index (χ0n) is 15.3. The van der Waals surface area contributed by atoms with E-state index in [4.69, 9.17) is 9.47 Å². The molecule has 0 radical (unpaired) electrons. The highest BCUT2D eigenvalue weighted by Gasteiger charge is 2.42. The van der Waals surface area contributed by atoms with Crippen LogP contribution < -0.4 is 0 Å². The Bertz CT molecular complexity index is 985. The molecule has 4 rings (SSSR count).